The Labute approximate surface area is 406 Å². The second-order valence-electron chi connectivity index (χ2n) is 16.8. The number of hydrogen-bond acceptors (Lipinski definition) is 14. The number of hydrogen-bond donors (Lipinski definition) is 16. The van der Waals surface area contributed by atoms with E-state index >= 15 is 0 Å². The Morgan fingerprint density at radius 3 is 1.46 bits per heavy atom. The molecule has 0 radical (unpaired) electrons. The predicted octanol–water partition coefficient (Wildman–Crippen LogP) is -4.96. The highest BCUT2D eigenvalue weighted by Gasteiger charge is 2.36. The number of amides is 9. The Morgan fingerprint density at radius 2 is 1.00 bits per heavy atom. The van der Waals surface area contributed by atoms with Crippen molar-refractivity contribution in [3.8, 4) is 0 Å². The number of aliphatic carboxylic acids is 1. The lowest BCUT2D eigenvalue weighted by Gasteiger charge is -2.30. The van der Waals surface area contributed by atoms with Gasteiger partial charge in [-0.05, 0) is 51.1 Å². The van der Waals surface area contributed by atoms with Crippen LogP contribution >= 0.6 is 0 Å². The lowest BCUT2D eigenvalue weighted by molar-refractivity contribution is -0.141. The molecule has 392 valence electrons. The van der Waals surface area contributed by atoms with E-state index in [1.54, 1.807) is 58.0 Å². The summed E-state index contributed by atoms with van der Waals surface area (Å²) in [6.07, 6.45) is 0.238. The summed E-state index contributed by atoms with van der Waals surface area (Å²) in [5.41, 5.74) is 11.0. The average Bonchev–Trinajstić information content (AvgIpc) is 3.31. The van der Waals surface area contributed by atoms with Gasteiger partial charge in [0.25, 0.3) is 0 Å². The number of nitrogens with two attached hydrogens (primary N) is 2. The lowest BCUT2D eigenvalue weighted by Crippen LogP contribution is -2.62. The van der Waals surface area contributed by atoms with Crippen molar-refractivity contribution in [3.05, 3.63) is 35.9 Å². The molecule has 1 aromatic rings. The maximum absolute atomic E-state index is 14.2. The number of guanidine groups is 1. The number of carbonyl (C=O) groups excluding carboxylic acids is 9. The molecule has 0 aliphatic rings. The summed E-state index contributed by atoms with van der Waals surface area (Å²) in [7, 11) is 1.50. The van der Waals surface area contributed by atoms with Gasteiger partial charge >= 0.3 is 5.97 Å². The van der Waals surface area contributed by atoms with Crippen LogP contribution in [0.4, 0.5) is 0 Å². The average molecular weight is 992 g/mol. The predicted molar refractivity (Wildman–Crippen MR) is 253 cm³/mol. The molecule has 70 heavy (non-hydrogen) atoms. The van der Waals surface area contributed by atoms with Gasteiger partial charge in [0.05, 0.1) is 25.7 Å². The van der Waals surface area contributed by atoms with E-state index in [4.69, 9.17) is 16.9 Å². The molecular weight excluding hydrogens is 919 g/mol. The van der Waals surface area contributed by atoms with Crippen molar-refractivity contribution in [2.45, 2.75) is 134 Å². The second kappa shape index (κ2) is 31.2. The topological polar surface area (TPSA) is 428 Å². The number of rotatable bonds is 32. The summed E-state index contributed by atoms with van der Waals surface area (Å²) < 4.78 is 0. The fourth-order valence-corrected chi connectivity index (χ4v) is 6.57. The highest BCUT2D eigenvalue weighted by Crippen LogP contribution is 2.14. The summed E-state index contributed by atoms with van der Waals surface area (Å²) in [6.45, 7) is 7.88. The summed E-state index contributed by atoms with van der Waals surface area (Å²) in [5, 5.41) is 61.1. The summed E-state index contributed by atoms with van der Waals surface area (Å²) in [5.74, 6) is -11.1. The van der Waals surface area contributed by atoms with Crippen molar-refractivity contribution >= 4 is 65.1 Å². The molecule has 0 bridgehead atoms. The highest BCUT2D eigenvalue weighted by molar-refractivity contribution is 5.99. The number of likely N-dealkylation sites (N-methyl/N-ethyl adjacent to an activating group) is 1. The van der Waals surface area contributed by atoms with Crippen molar-refractivity contribution in [2.24, 2.45) is 23.3 Å². The van der Waals surface area contributed by atoms with Crippen LogP contribution in [0.2, 0.25) is 0 Å². The third kappa shape index (κ3) is 21.2. The number of primary amides is 1. The van der Waals surface area contributed by atoms with E-state index in [1.165, 1.54) is 20.9 Å². The first-order valence-corrected chi connectivity index (χ1v) is 22.9. The van der Waals surface area contributed by atoms with Crippen LogP contribution in [-0.2, 0) is 54.4 Å². The molecule has 26 heteroatoms. The number of nitrogens with one attached hydrogen (secondary N) is 11. The molecule has 0 saturated carbocycles. The van der Waals surface area contributed by atoms with E-state index in [9.17, 15) is 63.3 Å². The highest BCUT2D eigenvalue weighted by atomic mass is 16.4. The molecule has 0 fully saturated rings. The minimum absolute atomic E-state index is 0.110. The molecular formula is C44H73N13O13. The first kappa shape index (κ1) is 61.1. The van der Waals surface area contributed by atoms with Crippen LogP contribution < -0.4 is 64.6 Å². The Morgan fingerprint density at radius 1 is 0.571 bits per heavy atom. The summed E-state index contributed by atoms with van der Waals surface area (Å²) in [4.78, 5) is 131. The molecule has 18 N–H and O–H groups in total. The number of aliphatic hydroxyl groups excluding tert-OH is 2. The van der Waals surface area contributed by atoms with Crippen LogP contribution in [0, 0.1) is 17.2 Å². The number of aliphatic hydroxyl groups is 2. The largest absolute Gasteiger partial charge is 0.481 e. The minimum Gasteiger partial charge on any atom is -0.481 e. The standard InChI is InChI=1S/C44H73N13O13/c1-8-22(3)33(42(69)51-25(6)37(64)54-30(20-58)35(45)62)56-39(66)28(18-26-14-11-10-12-15-26)53-43(70)34(23(4)9-2)57-40(67)29(19-32(60)61)52-36(63)24(5)50-41(68)31(21-59)55-38(65)27(48-7)16-13-17-49-44(46)47/h10-12,14-15,22-25,27-31,33-34,48,58-59H,8-9,13,16-21H2,1-7H3,(H2,45,62)(H,50,68)(H,51,69)(H,52,63)(H,53,70)(H,54,64)(H,55,65)(H,56,66)(H,57,67)(H,60,61)(H4,46,47,49)/t22-,23-,24-,25-,27-,28-,29-,30?,31-,33-,34-/m0/s1. The monoisotopic (exact) mass is 992 g/mol. The normalized spacial score (nSPS) is 15.7. The van der Waals surface area contributed by atoms with E-state index in [0.29, 0.717) is 24.9 Å². The quantitative estimate of drug-likeness (QED) is 0.0183. The molecule has 0 saturated heterocycles. The third-order valence-corrected chi connectivity index (χ3v) is 11.3. The maximum atomic E-state index is 14.2. The van der Waals surface area contributed by atoms with Crippen LogP contribution in [0.1, 0.15) is 79.2 Å². The lowest BCUT2D eigenvalue weighted by atomic mass is 9.95. The van der Waals surface area contributed by atoms with Crippen LogP contribution in [-0.4, -0.2) is 162 Å². The van der Waals surface area contributed by atoms with Crippen LogP contribution in [0.15, 0.2) is 30.3 Å². The molecule has 1 unspecified atom stereocenters. The first-order chi connectivity index (χ1) is 32.9. The Balaban J connectivity index is 3.32. The molecule has 1 rings (SSSR count). The third-order valence-electron chi connectivity index (χ3n) is 11.3. The van der Waals surface area contributed by atoms with Gasteiger partial charge in [0.15, 0.2) is 5.96 Å². The zero-order chi connectivity index (χ0) is 53.2. The fraction of sp³-hybridized carbons (Fsp3) is 0.614. The Hall–Kier alpha value is -6.93. The zero-order valence-corrected chi connectivity index (χ0v) is 40.7. The van der Waals surface area contributed by atoms with Crippen molar-refractivity contribution in [1.29, 1.82) is 5.41 Å². The van der Waals surface area contributed by atoms with Crippen LogP contribution in [0.5, 0.6) is 0 Å². The zero-order valence-electron chi connectivity index (χ0n) is 40.7. The fourth-order valence-electron chi connectivity index (χ4n) is 6.57. The SMILES string of the molecule is CC[C@H](C)[C@H](NC(=O)[C@H](Cc1ccccc1)NC(=O)[C@@H](NC(=O)[C@H](CC(=O)O)NC(=O)[C@H](C)NC(=O)[C@H](CO)NC(=O)[C@H](CCCNC(=N)N)NC)[C@@H](C)CC)C(=O)N[C@@H](C)C(=O)NC(CO)C(N)=O. The van der Waals surface area contributed by atoms with Gasteiger partial charge in [0.1, 0.15) is 48.3 Å². The molecule has 26 nitrogen and oxygen atoms in total. The van der Waals surface area contributed by atoms with Gasteiger partial charge in [-0.2, -0.15) is 0 Å². The molecule has 1 aromatic carbocycles. The van der Waals surface area contributed by atoms with Gasteiger partial charge in [-0.3, -0.25) is 53.4 Å². The molecule has 0 spiro atoms. The van der Waals surface area contributed by atoms with E-state index < -0.39 is 145 Å². The van der Waals surface area contributed by atoms with E-state index in [1.807, 2.05) is 0 Å². The van der Waals surface area contributed by atoms with Gasteiger partial charge in [-0.15, -0.1) is 0 Å². The minimum atomic E-state index is -1.81. The molecule has 0 heterocycles. The molecule has 9 amide bonds. The van der Waals surface area contributed by atoms with Crippen LogP contribution in [0.3, 0.4) is 0 Å². The van der Waals surface area contributed by atoms with E-state index in [0.717, 1.165) is 0 Å². The summed E-state index contributed by atoms with van der Waals surface area (Å²) >= 11 is 0. The van der Waals surface area contributed by atoms with Crippen LogP contribution in [0.25, 0.3) is 0 Å². The van der Waals surface area contributed by atoms with E-state index in [-0.39, 0.29) is 25.2 Å². The van der Waals surface area contributed by atoms with Crippen molar-refractivity contribution in [3.63, 3.8) is 0 Å². The molecule has 0 aliphatic carbocycles. The number of benzene rings is 1. The van der Waals surface area contributed by atoms with Gasteiger partial charge < -0.3 is 80.0 Å². The number of carbonyl (C=O) groups is 10. The molecule has 0 aromatic heterocycles. The first-order valence-electron chi connectivity index (χ1n) is 22.9. The molecule has 0 aliphatic heterocycles. The number of carboxylic acids is 1. The second-order valence-corrected chi connectivity index (χ2v) is 16.8. The van der Waals surface area contributed by atoms with Gasteiger partial charge in [-0.1, -0.05) is 70.9 Å². The molecule has 11 atom stereocenters. The van der Waals surface area contributed by atoms with Crippen molar-refractivity contribution in [1.82, 2.24) is 53.2 Å². The summed E-state index contributed by atoms with van der Waals surface area (Å²) in [6, 6.07) is -3.83. The Bertz CT molecular complexity index is 1960. The van der Waals surface area contributed by atoms with Crippen molar-refractivity contribution in [2.75, 3.05) is 26.8 Å². The smallest absolute Gasteiger partial charge is 0.305 e. The van der Waals surface area contributed by atoms with Crippen molar-refractivity contribution < 1.29 is 63.3 Å². The maximum Gasteiger partial charge on any atom is 0.305 e. The van der Waals surface area contributed by atoms with Gasteiger partial charge in [-0.25, -0.2) is 0 Å². The van der Waals surface area contributed by atoms with E-state index in [2.05, 4.69) is 53.2 Å². The van der Waals surface area contributed by atoms with Gasteiger partial charge in [0, 0.05) is 13.0 Å². The van der Waals surface area contributed by atoms with Gasteiger partial charge in [0.2, 0.25) is 53.2 Å². The number of carboxylic acid groups (broad SMARTS) is 1. The Kier molecular flexibility index (Phi) is 27.3.